The minimum atomic E-state index is -1.73. The van der Waals surface area contributed by atoms with E-state index in [9.17, 15) is 25.2 Å². The molecule has 2 aromatic carbocycles. The van der Waals surface area contributed by atoms with Crippen molar-refractivity contribution in [1.82, 2.24) is 14.8 Å². The summed E-state index contributed by atoms with van der Waals surface area (Å²) in [6.07, 6.45) is 6.07. The lowest BCUT2D eigenvalue weighted by atomic mass is 9.84. The van der Waals surface area contributed by atoms with Gasteiger partial charge in [0.1, 0.15) is 30.2 Å². The molecule has 1 heterocycles. The zero-order chi connectivity index (χ0) is 37.4. The number of aromatic nitrogens is 1. The van der Waals surface area contributed by atoms with E-state index in [0.717, 1.165) is 56.3 Å². The van der Waals surface area contributed by atoms with Crippen LogP contribution in [0.25, 0.3) is 11.1 Å². The minimum absolute atomic E-state index is 0.101. The van der Waals surface area contributed by atoms with Crippen molar-refractivity contribution < 1.29 is 35.1 Å². The number of carbonyl (C=O) groups excluding carboxylic acids is 1. The first-order valence-corrected chi connectivity index (χ1v) is 19.0. The third-order valence-corrected chi connectivity index (χ3v) is 11.0. The van der Waals surface area contributed by atoms with Gasteiger partial charge in [-0.25, -0.2) is 0 Å². The van der Waals surface area contributed by atoms with E-state index < -0.39 is 31.0 Å². The Kier molecular flexibility index (Phi) is 13.9. The van der Waals surface area contributed by atoms with Gasteiger partial charge in [0.2, 0.25) is 5.91 Å². The summed E-state index contributed by atoms with van der Waals surface area (Å²) < 4.78 is 6.31. The van der Waals surface area contributed by atoms with Crippen molar-refractivity contribution in [3.8, 4) is 16.9 Å². The summed E-state index contributed by atoms with van der Waals surface area (Å²) in [6, 6.07) is 17.3. The maximum absolute atomic E-state index is 13.3. The summed E-state index contributed by atoms with van der Waals surface area (Å²) >= 11 is 0. The molecule has 2 saturated carbocycles. The molecule has 0 spiro atoms. The van der Waals surface area contributed by atoms with Crippen LogP contribution < -0.4 is 4.74 Å². The number of carbonyl (C=O) groups is 1. The number of nitrogens with zero attached hydrogens (tertiary/aromatic N) is 3. The van der Waals surface area contributed by atoms with Crippen LogP contribution in [-0.2, 0) is 16.6 Å². The van der Waals surface area contributed by atoms with Gasteiger partial charge in [-0.15, -0.1) is 0 Å². The second-order valence-corrected chi connectivity index (χ2v) is 15.4. The minimum Gasteiger partial charge on any atom is -0.490 e. The number of rotatable bonds is 21. The topological polar surface area (TPSA) is 147 Å². The van der Waals surface area contributed by atoms with Gasteiger partial charge in [-0.3, -0.25) is 9.78 Å². The summed E-state index contributed by atoms with van der Waals surface area (Å²) in [6.45, 7) is 4.33. The number of aliphatic hydroxyl groups excluding tert-OH is 5. The number of para-hydroxylation sites is 1. The van der Waals surface area contributed by atoms with Crippen molar-refractivity contribution in [2.75, 3.05) is 40.3 Å². The molecule has 10 nitrogen and oxygen atoms in total. The van der Waals surface area contributed by atoms with Crippen LogP contribution >= 0.6 is 0 Å². The van der Waals surface area contributed by atoms with Crippen molar-refractivity contribution >= 4 is 5.91 Å². The molecule has 1 unspecified atom stereocenters. The molecule has 2 aliphatic rings. The number of pyridine rings is 1. The molecule has 5 atom stereocenters. The molecule has 2 aliphatic carbocycles. The Morgan fingerprint density at radius 1 is 0.981 bits per heavy atom. The summed E-state index contributed by atoms with van der Waals surface area (Å²) in [5, 5.41) is 49.8. The number of ether oxygens (including phenoxy) is 1. The molecule has 284 valence electrons. The van der Waals surface area contributed by atoms with Crippen LogP contribution in [0.1, 0.15) is 86.5 Å². The molecule has 3 aromatic rings. The smallest absolute Gasteiger partial charge is 0.222 e. The second-order valence-electron chi connectivity index (χ2n) is 15.4. The van der Waals surface area contributed by atoms with Gasteiger partial charge < -0.3 is 40.1 Å². The Labute approximate surface area is 309 Å². The van der Waals surface area contributed by atoms with E-state index >= 15 is 0 Å². The standard InChI is InChI=1S/C42H59N3O7/c1-28(8-7-11-39(49)45(23-22-44(3)4)26-36(47)40(50)41(51)37(48)27-46)30-13-12-29(2)31(24-30)16-18-42(19-20-42)35-25-43-21-17-33(35)34-9-5-6-10-38(34)52-32-14-15-32/h5-6,9-10,12-13,17,21,24-25,28,32,36-37,40-41,46-48,50-51H,7-8,11,14-16,18-20,22-23,26-27H2,1-4H3/t28?,36-,37+,40+,41+/m0/s1. The van der Waals surface area contributed by atoms with Crippen LogP contribution in [0.2, 0.25) is 0 Å². The van der Waals surface area contributed by atoms with Gasteiger partial charge in [-0.05, 0) is 124 Å². The number of hydrogen-bond donors (Lipinski definition) is 5. The molecule has 10 heteroatoms. The monoisotopic (exact) mass is 717 g/mol. The molecule has 0 aliphatic heterocycles. The Bertz CT molecular complexity index is 1610. The third kappa shape index (κ3) is 10.4. The van der Waals surface area contributed by atoms with Crippen LogP contribution in [0.3, 0.4) is 0 Å². The van der Waals surface area contributed by atoms with E-state index in [1.807, 2.05) is 31.3 Å². The van der Waals surface area contributed by atoms with Gasteiger partial charge in [0.05, 0.1) is 12.7 Å². The maximum Gasteiger partial charge on any atom is 0.222 e. The van der Waals surface area contributed by atoms with Gasteiger partial charge in [0.15, 0.2) is 0 Å². The zero-order valence-electron chi connectivity index (χ0n) is 31.3. The maximum atomic E-state index is 13.3. The van der Waals surface area contributed by atoms with Crippen molar-refractivity contribution in [3.63, 3.8) is 0 Å². The van der Waals surface area contributed by atoms with Crippen LogP contribution in [0.4, 0.5) is 0 Å². The molecule has 5 N–H and O–H groups in total. The molecular weight excluding hydrogens is 658 g/mol. The molecule has 1 amide bonds. The lowest BCUT2D eigenvalue weighted by Crippen LogP contribution is -2.51. The average Bonchev–Trinajstić information content (AvgIpc) is 4.09. The normalized spacial score (nSPS) is 18.0. The second kappa shape index (κ2) is 18.1. The number of hydrogen-bond acceptors (Lipinski definition) is 9. The fourth-order valence-corrected chi connectivity index (χ4v) is 7.08. The molecule has 1 aromatic heterocycles. The van der Waals surface area contributed by atoms with Gasteiger partial charge in [0, 0.05) is 44.0 Å². The van der Waals surface area contributed by atoms with Crippen molar-refractivity contribution in [1.29, 1.82) is 0 Å². The fourth-order valence-electron chi connectivity index (χ4n) is 7.08. The molecule has 52 heavy (non-hydrogen) atoms. The first-order valence-electron chi connectivity index (χ1n) is 19.0. The molecule has 0 radical (unpaired) electrons. The summed E-state index contributed by atoms with van der Waals surface area (Å²) in [7, 11) is 3.78. The van der Waals surface area contributed by atoms with Crippen molar-refractivity contribution in [2.45, 2.75) is 113 Å². The predicted octanol–water partition coefficient (Wildman–Crippen LogP) is 4.36. The van der Waals surface area contributed by atoms with E-state index in [1.54, 1.807) is 0 Å². The quantitative estimate of drug-likeness (QED) is 0.109. The van der Waals surface area contributed by atoms with Gasteiger partial charge in [-0.1, -0.05) is 43.3 Å². The van der Waals surface area contributed by atoms with Crippen molar-refractivity contribution in [2.24, 2.45) is 0 Å². The van der Waals surface area contributed by atoms with E-state index in [2.05, 4.69) is 67.5 Å². The highest BCUT2D eigenvalue weighted by Crippen LogP contribution is 2.55. The number of aliphatic hydroxyl groups is 5. The molecule has 5 rings (SSSR count). The third-order valence-electron chi connectivity index (χ3n) is 11.0. The Hall–Kier alpha value is -3.38. The predicted molar refractivity (Wildman–Crippen MR) is 202 cm³/mol. The molecule has 0 bridgehead atoms. The first-order chi connectivity index (χ1) is 24.9. The summed E-state index contributed by atoms with van der Waals surface area (Å²) in [5.41, 5.74) is 7.68. The van der Waals surface area contributed by atoms with Gasteiger partial charge in [0.25, 0.3) is 0 Å². The first kappa shape index (κ1) is 39.8. The van der Waals surface area contributed by atoms with Crippen LogP contribution in [0.5, 0.6) is 5.75 Å². The largest absolute Gasteiger partial charge is 0.490 e. The molecule has 0 saturated heterocycles. The van der Waals surface area contributed by atoms with Crippen LogP contribution in [0.15, 0.2) is 60.9 Å². The van der Waals surface area contributed by atoms with Crippen LogP contribution in [0, 0.1) is 6.92 Å². The lowest BCUT2D eigenvalue weighted by molar-refractivity contribution is -0.140. The van der Waals surface area contributed by atoms with Crippen LogP contribution in [-0.4, -0.2) is 117 Å². The lowest BCUT2D eigenvalue weighted by Gasteiger charge is -2.31. The summed E-state index contributed by atoms with van der Waals surface area (Å²) in [5.74, 6) is 1.06. The number of benzene rings is 2. The Morgan fingerprint density at radius 2 is 1.71 bits per heavy atom. The molecular formula is C42H59N3O7. The SMILES string of the molecule is Cc1ccc(C(C)CCCC(=O)N(CCN(C)C)C[C@H](O)[C@@H](O)[C@H](O)[C@H](O)CO)cc1CCC1(c2cnccc2-c2ccccc2OC2CC2)CC1. The van der Waals surface area contributed by atoms with E-state index in [0.29, 0.717) is 25.6 Å². The fraction of sp³-hybridized carbons (Fsp3) is 0.571. The van der Waals surface area contributed by atoms with Crippen molar-refractivity contribution in [3.05, 3.63) is 83.2 Å². The summed E-state index contributed by atoms with van der Waals surface area (Å²) in [4.78, 5) is 21.3. The number of amides is 1. The van der Waals surface area contributed by atoms with E-state index in [4.69, 9.17) is 9.84 Å². The van der Waals surface area contributed by atoms with Gasteiger partial charge >= 0.3 is 0 Å². The van der Waals surface area contributed by atoms with E-state index in [-0.39, 0.29) is 30.2 Å². The Balaban J connectivity index is 1.19. The average molecular weight is 718 g/mol. The zero-order valence-corrected chi connectivity index (χ0v) is 31.3. The number of likely N-dealkylation sites (N-methyl/N-ethyl adjacent to an activating group) is 1. The van der Waals surface area contributed by atoms with Gasteiger partial charge in [-0.2, -0.15) is 0 Å². The highest BCUT2D eigenvalue weighted by molar-refractivity contribution is 5.76. The highest BCUT2D eigenvalue weighted by Gasteiger charge is 2.45. The highest BCUT2D eigenvalue weighted by atomic mass is 16.5. The van der Waals surface area contributed by atoms with E-state index in [1.165, 1.54) is 32.7 Å². The number of aryl methyl sites for hydroxylation is 2. The molecule has 2 fully saturated rings. The Morgan fingerprint density at radius 3 is 2.40 bits per heavy atom.